The van der Waals surface area contributed by atoms with Crippen molar-refractivity contribution in [3.63, 3.8) is 0 Å². The SMILES string of the molecule is COC(=O)c1c(C(=O)OC)c([Si](C)(C)C)c2c(c1[Si](C)(C)C)Cc1cc3ccccc3cc1C2. The number of hydrogen-bond donors (Lipinski definition) is 0. The lowest BCUT2D eigenvalue weighted by atomic mass is 9.82. The molecule has 0 atom stereocenters. The molecule has 4 nitrogen and oxygen atoms in total. The first-order valence-corrected chi connectivity index (χ1v) is 18.8. The van der Waals surface area contributed by atoms with Crippen molar-refractivity contribution in [3.8, 4) is 0 Å². The van der Waals surface area contributed by atoms with Gasteiger partial charge in [0.1, 0.15) is 0 Å². The Labute approximate surface area is 204 Å². The number of methoxy groups -OCH3 is 2. The molecule has 3 aromatic rings. The molecule has 0 radical (unpaired) electrons. The quantitative estimate of drug-likeness (QED) is 0.298. The Bertz CT molecular complexity index is 1230. The summed E-state index contributed by atoms with van der Waals surface area (Å²) < 4.78 is 10.6. The average molecular weight is 491 g/mol. The molecule has 0 saturated heterocycles. The summed E-state index contributed by atoms with van der Waals surface area (Å²) in [6, 6.07) is 13.0. The van der Waals surface area contributed by atoms with Crippen molar-refractivity contribution < 1.29 is 19.1 Å². The van der Waals surface area contributed by atoms with Crippen molar-refractivity contribution >= 4 is 49.2 Å². The Hall–Kier alpha value is -2.71. The second-order valence-corrected chi connectivity index (χ2v) is 21.3. The van der Waals surface area contributed by atoms with E-state index in [9.17, 15) is 9.59 Å². The van der Waals surface area contributed by atoms with Crippen LogP contribution >= 0.6 is 0 Å². The maximum absolute atomic E-state index is 13.3. The number of esters is 2. The van der Waals surface area contributed by atoms with Crippen molar-refractivity contribution in [1.29, 1.82) is 0 Å². The Morgan fingerprint density at radius 2 is 1.03 bits per heavy atom. The number of ether oxygens (including phenoxy) is 2. The Balaban J connectivity index is 2.17. The van der Waals surface area contributed by atoms with Gasteiger partial charge in [-0.15, -0.1) is 0 Å². The van der Waals surface area contributed by atoms with Crippen LogP contribution in [-0.2, 0) is 22.3 Å². The van der Waals surface area contributed by atoms with Gasteiger partial charge in [0.25, 0.3) is 0 Å². The van der Waals surface area contributed by atoms with Crippen LogP contribution in [0.5, 0.6) is 0 Å². The molecule has 4 rings (SSSR count). The highest BCUT2D eigenvalue weighted by Gasteiger charge is 2.41. The molecule has 6 heteroatoms. The van der Waals surface area contributed by atoms with Crippen LogP contribution in [0.3, 0.4) is 0 Å². The lowest BCUT2D eigenvalue weighted by molar-refractivity contribution is 0.0557. The lowest BCUT2D eigenvalue weighted by Gasteiger charge is -2.36. The van der Waals surface area contributed by atoms with Crippen LogP contribution in [0, 0.1) is 0 Å². The molecule has 1 aliphatic carbocycles. The predicted octanol–water partition coefficient (Wildman–Crippen LogP) is 5.00. The average Bonchev–Trinajstić information content (AvgIpc) is 2.77. The van der Waals surface area contributed by atoms with Gasteiger partial charge in [-0.1, -0.05) is 75.7 Å². The fourth-order valence-electron chi connectivity index (χ4n) is 5.56. The highest BCUT2D eigenvalue weighted by Crippen LogP contribution is 2.34. The first kappa shape index (κ1) is 24.4. The maximum Gasteiger partial charge on any atom is 0.338 e. The molecule has 0 N–H and O–H groups in total. The Kier molecular flexibility index (Phi) is 6.11. The summed E-state index contributed by atoms with van der Waals surface area (Å²) in [5.74, 6) is -0.881. The van der Waals surface area contributed by atoms with E-state index in [2.05, 4.69) is 75.7 Å². The van der Waals surface area contributed by atoms with Crippen molar-refractivity contribution in [2.75, 3.05) is 14.2 Å². The molecule has 0 bridgehead atoms. The summed E-state index contributed by atoms with van der Waals surface area (Å²) in [6.45, 7) is 13.4. The molecule has 1 aliphatic rings. The van der Waals surface area contributed by atoms with E-state index >= 15 is 0 Å². The highest BCUT2D eigenvalue weighted by molar-refractivity contribution is 6.92. The summed E-state index contributed by atoms with van der Waals surface area (Å²) in [4.78, 5) is 26.6. The topological polar surface area (TPSA) is 52.6 Å². The zero-order chi connectivity index (χ0) is 25.0. The smallest absolute Gasteiger partial charge is 0.338 e. The standard InChI is InChI=1S/C28H34O4Si2/c1-31-27(29)23-24(28(30)32-2)26(34(6,7)8)22-16-20-14-18-12-10-9-11-17(18)13-19(20)15-21(22)25(23)33(3,4)5/h9-14H,15-16H2,1-8H3. The third-order valence-corrected chi connectivity index (χ3v) is 10.9. The van der Waals surface area contributed by atoms with E-state index in [1.807, 2.05) is 0 Å². The van der Waals surface area contributed by atoms with Crippen LogP contribution in [0.1, 0.15) is 43.0 Å². The predicted molar refractivity (Wildman–Crippen MR) is 145 cm³/mol. The van der Waals surface area contributed by atoms with E-state index in [1.54, 1.807) is 0 Å². The molecule has 34 heavy (non-hydrogen) atoms. The maximum atomic E-state index is 13.3. The van der Waals surface area contributed by atoms with E-state index in [4.69, 9.17) is 9.47 Å². The van der Waals surface area contributed by atoms with Crippen molar-refractivity contribution in [1.82, 2.24) is 0 Å². The minimum Gasteiger partial charge on any atom is -0.465 e. The van der Waals surface area contributed by atoms with E-state index in [-0.39, 0.29) is 0 Å². The number of hydrogen-bond acceptors (Lipinski definition) is 4. The van der Waals surface area contributed by atoms with Crippen LogP contribution in [0.15, 0.2) is 36.4 Å². The normalized spacial score (nSPS) is 13.3. The third kappa shape index (κ3) is 4.03. The minimum absolute atomic E-state index is 0.439. The summed E-state index contributed by atoms with van der Waals surface area (Å²) >= 11 is 0. The van der Waals surface area contributed by atoms with Gasteiger partial charge in [-0.25, -0.2) is 9.59 Å². The molecular weight excluding hydrogens is 456 g/mol. The second-order valence-electron chi connectivity index (χ2n) is 11.3. The molecule has 0 aromatic heterocycles. The molecule has 0 amide bonds. The van der Waals surface area contributed by atoms with Crippen molar-refractivity contribution in [2.45, 2.75) is 52.1 Å². The third-order valence-electron chi connectivity index (χ3n) is 6.80. The number of fused-ring (bicyclic) bond motifs is 3. The number of rotatable bonds is 4. The lowest BCUT2D eigenvalue weighted by Crippen LogP contribution is -2.53. The summed E-state index contributed by atoms with van der Waals surface area (Å²) in [7, 11) is -1.36. The summed E-state index contributed by atoms with van der Waals surface area (Å²) in [5.41, 5.74) is 5.94. The van der Waals surface area contributed by atoms with Crippen molar-refractivity contribution in [3.05, 3.63) is 69.8 Å². The van der Waals surface area contributed by atoms with Crippen LogP contribution in [0.4, 0.5) is 0 Å². The number of carbonyl (C=O) groups is 2. The number of benzene rings is 3. The molecule has 0 spiro atoms. The number of carbonyl (C=O) groups excluding carboxylic acids is 2. The van der Waals surface area contributed by atoms with Gasteiger partial charge < -0.3 is 9.47 Å². The van der Waals surface area contributed by atoms with Gasteiger partial charge in [-0.05, 0) is 56.2 Å². The molecule has 3 aromatic carbocycles. The van der Waals surface area contributed by atoms with E-state index in [0.717, 1.165) is 23.2 Å². The monoisotopic (exact) mass is 490 g/mol. The van der Waals surface area contributed by atoms with E-state index < -0.39 is 28.1 Å². The second kappa shape index (κ2) is 8.50. The van der Waals surface area contributed by atoms with E-state index in [0.29, 0.717) is 11.1 Å². The molecule has 0 fully saturated rings. The summed E-state index contributed by atoms with van der Waals surface area (Å²) in [5, 5.41) is 4.53. The van der Waals surface area contributed by atoms with Gasteiger partial charge in [0.15, 0.2) is 0 Å². The first-order valence-electron chi connectivity index (χ1n) is 11.8. The van der Waals surface area contributed by atoms with Gasteiger partial charge in [-0.3, -0.25) is 0 Å². The van der Waals surface area contributed by atoms with Crippen LogP contribution in [0.2, 0.25) is 39.3 Å². The first-order chi connectivity index (χ1) is 15.9. The van der Waals surface area contributed by atoms with Gasteiger partial charge in [0.05, 0.1) is 41.5 Å². The highest BCUT2D eigenvalue weighted by atomic mass is 28.3. The van der Waals surface area contributed by atoms with Gasteiger partial charge in [0, 0.05) is 0 Å². The van der Waals surface area contributed by atoms with Crippen LogP contribution < -0.4 is 10.4 Å². The van der Waals surface area contributed by atoms with Crippen LogP contribution in [-0.4, -0.2) is 42.3 Å². The zero-order valence-corrected chi connectivity index (χ0v) is 23.5. The van der Waals surface area contributed by atoms with Crippen LogP contribution in [0.25, 0.3) is 10.8 Å². The molecule has 0 saturated carbocycles. The summed E-state index contributed by atoms with van der Waals surface area (Å²) in [6.07, 6.45) is 1.52. The fourth-order valence-corrected chi connectivity index (χ4v) is 9.80. The minimum atomic E-state index is -2.08. The molecule has 0 aliphatic heterocycles. The van der Waals surface area contributed by atoms with Gasteiger partial charge in [0.2, 0.25) is 0 Å². The molecule has 0 heterocycles. The molecule has 178 valence electrons. The van der Waals surface area contributed by atoms with E-state index in [1.165, 1.54) is 47.2 Å². The fraction of sp³-hybridized carbons (Fsp3) is 0.357. The molecular formula is C28H34O4Si2. The Morgan fingerprint density at radius 1 is 0.676 bits per heavy atom. The zero-order valence-electron chi connectivity index (χ0n) is 21.5. The molecule has 0 unspecified atom stereocenters. The Morgan fingerprint density at radius 3 is 1.32 bits per heavy atom. The van der Waals surface area contributed by atoms with Gasteiger partial charge >= 0.3 is 11.9 Å². The van der Waals surface area contributed by atoms with Gasteiger partial charge in [-0.2, -0.15) is 0 Å². The largest absolute Gasteiger partial charge is 0.465 e. The van der Waals surface area contributed by atoms with Crippen molar-refractivity contribution in [2.24, 2.45) is 0 Å².